The van der Waals surface area contributed by atoms with Gasteiger partial charge in [-0.3, -0.25) is 9.69 Å². The summed E-state index contributed by atoms with van der Waals surface area (Å²) in [6.07, 6.45) is 0. The molecule has 5 nitrogen and oxygen atoms in total. The molecule has 0 aromatic rings. The van der Waals surface area contributed by atoms with Gasteiger partial charge in [-0.2, -0.15) is 0 Å². The number of rotatable bonds is 5. The van der Waals surface area contributed by atoms with E-state index in [0.717, 1.165) is 19.6 Å². The van der Waals surface area contributed by atoms with Crippen LogP contribution in [-0.4, -0.2) is 62.3 Å². The quantitative estimate of drug-likeness (QED) is 0.703. The van der Waals surface area contributed by atoms with Gasteiger partial charge in [-0.05, 0) is 20.8 Å². The molecule has 5 heteroatoms. The van der Waals surface area contributed by atoms with Gasteiger partial charge in [0, 0.05) is 38.3 Å². The van der Waals surface area contributed by atoms with Crippen LogP contribution in [0.25, 0.3) is 0 Å². The molecular weight excluding hydrogens is 218 g/mol. The van der Waals surface area contributed by atoms with Crippen molar-refractivity contribution in [3.63, 3.8) is 0 Å². The highest BCUT2D eigenvalue weighted by Crippen LogP contribution is 2.15. The van der Waals surface area contributed by atoms with E-state index in [9.17, 15) is 4.79 Å². The lowest BCUT2D eigenvalue weighted by Crippen LogP contribution is -2.60. The van der Waals surface area contributed by atoms with E-state index in [2.05, 4.69) is 29.4 Å². The zero-order chi connectivity index (χ0) is 12.9. The van der Waals surface area contributed by atoms with E-state index >= 15 is 0 Å². The van der Waals surface area contributed by atoms with Crippen molar-refractivity contribution in [3.8, 4) is 0 Å². The first kappa shape index (κ1) is 14.4. The summed E-state index contributed by atoms with van der Waals surface area (Å²) in [6, 6.07) is 0.0681. The summed E-state index contributed by atoms with van der Waals surface area (Å²) in [4.78, 5) is 14.1. The fourth-order valence-corrected chi connectivity index (χ4v) is 2.10. The maximum atomic E-state index is 11.9. The monoisotopic (exact) mass is 243 g/mol. The molecular formula is C12H25N3O2. The maximum Gasteiger partial charge on any atom is 0.234 e. The molecule has 0 aromatic carbocycles. The third-order valence-corrected chi connectivity index (χ3v) is 3.13. The van der Waals surface area contributed by atoms with E-state index in [1.807, 2.05) is 6.92 Å². The number of hydrogen-bond donors (Lipinski definition) is 2. The third-order valence-electron chi connectivity index (χ3n) is 3.13. The highest BCUT2D eigenvalue weighted by molar-refractivity contribution is 5.78. The molecule has 1 unspecified atom stereocenters. The highest BCUT2D eigenvalue weighted by atomic mass is 16.5. The first-order valence-corrected chi connectivity index (χ1v) is 6.20. The van der Waals surface area contributed by atoms with Gasteiger partial charge in [0.05, 0.1) is 13.2 Å². The molecule has 1 aliphatic heterocycles. The topological polar surface area (TPSA) is 53.6 Å². The standard InChI is InChI=1S/C12H25N3O2/c1-10(8-17-4)14-11(16)7-15-6-5-13-9-12(15,2)3/h10,13H,5-9H2,1-4H3,(H,14,16). The van der Waals surface area contributed by atoms with E-state index < -0.39 is 0 Å². The molecule has 17 heavy (non-hydrogen) atoms. The number of ether oxygens (including phenoxy) is 1. The van der Waals surface area contributed by atoms with E-state index in [1.165, 1.54) is 0 Å². The smallest absolute Gasteiger partial charge is 0.234 e. The van der Waals surface area contributed by atoms with Crippen molar-refractivity contribution in [2.45, 2.75) is 32.4 Å². The molecule has 1 rings (SSSR count). The van der Waals surface area contributed by atoms with Gasteiger partial charge in [-0.25, -0.2) is 0 Å². The number of amides is 1. The molecule has 0 spiro atoms. The fourth-order valence-electron chi connectivity index (χ4n) is 2.10. The van der Waals surface area contributed by atoms with Crippen LogP contribution in [0.1, 0.15) is 20.8 Å². The predicted molar refractivity (Wildman–Crippen MR) is 68.0 cm³/mol. The Labute approximate surface area is 104 Å². The molecule has 2 N–H and O–H groups in total. The Hall–Kier alpha value is -0.650. The lowest BCUT2D eigenvalue weighted by atomic mass is 10.0. The van der Waals surface area contributed by atoms with Crippen molar-refractivity contribution in [3.05, 3.63) is 0 Å². The molecule has 0 aromatic heterocycles. The number of methoxy groups -OCH3 is 1. The van der Waals surface area contributed by atoms with E-state index in [4.69, 9.17) is 4.74 Å². The Kier molecular flexibility index (Phi) is 5.36. The molecule has 0 bridgehead atoms. The Balaban J connectivity index is 2.39. The second-order valence-electron chi connectivity index (χ2n) is 5.33. The van der Waals surface area contributed by atoms with Crippen molar-refractivity contribution in [2.24, 2.45) is 0 Å². The molecule has 1 aliphatic rings. The van der Waals surface area contributed by atoms with Gasteiger partial charge in [0.2, 0.25) is 5.91 Å². The minimum Gasteiger partial charge on any atom is -0.383 e. The minimum atomic E-state index is 0.0418. The fraction of sp³-hybridized carbons (Fsp3) is 0.917. The molecule has 100 valence electrons. The van der Waals surface area contributed by atoms with Crippen molar-refractivity contribution >= 4 is 5.91 Å². The molecule has 1 amide bonds. The molecule has 1 atom stereocenters. The van der Waals surface area contributed by atoms with Crippen LogP contribution in [-0.2, 0) is 9.53 Å². The van der Waals surface area contributed by atoms with Crippen LogP contribution >= 0.6 is 0 Å². The average Bonchev–Trinajstić information content (AvgIpc) is 2.21. The Morgan fingerprint density at radius 3 is 2.88 bits per heavy atom. The lowest BCUT2D eigenvalue weighted by Gasteiger charge is -2.42. The predicted octanol–water partition coefficient (Wildman–Crippen LogP) is -0.179. The summed E-state index contributed by atoms with van der Waals surface area (Å²) in [6.45, 7) is 10.1. The van der Waals surface area contributed by atoms with Crippen LogP contribution in [0.3, 0.4) is 0 Å². The molecule has 1 saturated heterocycles. The number of hydrogen-bond acceptors (Lipinski definition) is 4. The van der Waals surface area contributed by atoms with Crippen LogP contribution in [0.2, 0.25) is 0 Å². The van der Waals surface area contributed by atoms with Crippen LogP contribution in [0.15, 0.2) is 0 Å². The first-order chi connectivity index (χ1) is 7.95. The Bertz CT molecular complexity index is 256. The molecule has 0 saturated carbocycles. The first-order valence-electron chi connectivity index (χ1n) is 6.20. The number of carbonyl (C=O) groups is 1. The van der Waals surface area contributed by atoms with Crippen molar-refractivity contribution in [2.75, 3.05) is 39.9 Å². The zero-order valence-corrected chi connectivity index (χ0v) is 11.4. The third kappa shape index (κ3) is 4.61. The van der Waals surface area contributed by atoms with E-state index in [1.54, 1.807) is 7.11 Å². The molecule has 1 heterocycles. The van der Waals surface area contributed by atoms with E-state index in [0.29, 0.717) is 13.2 Å². The van der Waals surface area contributed by atoms with Crippen LogP contribution in [0, 0.1) is 0 Å². The van der Waals surface area contributed by atoms with Crippen molar-refractivity contribution in [1.82, 2.24) is 15.5 Å². The normalized spacial score (nSPS) is 22.1. The lowest BCUT2D eigenvalue weighted by molar-refractivity contribution is -0.124. The maximum absolute atomic E-state index is 11.9. The largest absolute Gasteiger partial charge is 0.383 e. The number of nitrogens with zero attached hydrogens (tertiary/aromatic N) is 1. The summed E-state index contributed by atoms with van der Waals surface area (Å²) in [5.41, 5.74) is 0.0418. The van der Waals surface area contributed by atoms with Gasteiger partial charge in [0.15, 0.2) is 0 Å². The summed E-state index contributed by atoms with van der Waals surface area (Å²) in [5, 5.41) is 6.29. The van der Waals surface area contributed by atoms with Crippen molar-refractivity contribution in [1.29, 1.82) is 0 Å². The second-order valence-corrected chi connectivity index (χ2v) is 5.33. The van der Waals surface area contributed by atoms with Gasteiger partial charge in [-0.1, -0.05) is 0 Å². The highest BCUT2D eigenvalue weighted by Gasteiger charge is 2.30. The van der Waals surface area contributed by atoms with Crippen LogP contribution < -0.4 is 10.6 Å². The van der Waals surface area contributed by atoms with Crippen molar-refractivity contribution < 1.29 is 9.53 Å². The molecule has 0 aliphatic carbocycles. The second kappa shape index (κ2) is 6.33. The summed E-state index contributed by atoms with van der Waals surface area (Å²) in [5.74, 6) is 0.0736. The number of carbonyl (C=O) groups excluding carboxylic acids is 1. The van der Waals surface area contributed by atoms with Crippen LogP contribution in [0.4, 0.5) is 0 Å². The van der Waals surface area contributed by atoms with Gasteiger partial charge in [-0.15, -0.1) is 0 Å². The Morgan fingerprint density at radius 1 is 1.59 bits per heavy atom. The summed E-state index contributed by atoms with van der Waals surface area (Å²) in [7, 11) is 1.64. The number of piperazine rings is 1. The minimum absolute atomic E-state index is 0.0418. The zero-order valence-electron chi connectivity index (χ0n) is 11.4. The number of nitrogens with one attached hydrogen (secondary N) is 2. The molecule has 1 fully saturated rings. The van der Waals surface area contributed by atoms with Gasteiger partial charge in [0.1, 0.15) is 0 Å². The SMILES string of the molecule is COCC(C)NC(=O)CN1CCNCC1(C)C. The van der Waals surface area contributed by atoms with Crippen LogP contribution in [0.5, 0.6) is 0 Å². The average molecular weight is 243 g/mol. The van der Waals surface area contributed by atoms with Gasteiger partial charge < -0.3 is 15.4 Å². The van der Waals surface area contributed by atoms with Gasteiger partial charge >= 0.3 is 0 Å². The molecule has 0 radical (unpaired) electrons. The Morgan fingerprint density at radius 2 is 2.29 bits per heavy atom. The van der Waals surface area contributed by atoms with E-state index in [-0.39, 0.29) is 17.5 Å². The van der Waals surface area contributed by atoms with Gasteiger partial charge in [0.25, 0.3) is 0 Å². The summed E-state index contributed by atoms with van der Waals surface area (Å²) >= 11 is 0. The summed E-state index contributed by atoms with van der Waals surface area (Å²) < 4.78 is 5.00.